The number of methoxy groups -OCH3 is 1. The number of amides is 2. The fourth-order valence-electron chi connectivity index (χ4n) is 4.27. The first-order valence-electron chi connectivity index (χ1n) is 12.8. The number of carbonyl (C=O) groups excluding carboxylic acids is 2. The van der Waals surface area contributed by atoms with Gasteiger partial charge in [0.15, 0.2) is 6.61 Å². The molecule has 0 spiro atoms. The maximum absolute atomic E-state index is 13.7. The summed E-state index contributed by atoms with van der Waals surface area (Å²) >= 11 is 0. The Morgan fingerprint density at radius 1 is 0.892 bits per heavy atom. The van der Waals surface area contributed by atoms with Gasteiger partial charge in [-0.1, -0.05) is 61.9 Å². The average Bonchev–Trinajstić information content (AvgIpc) is 2.89. The Morgan fingerprint density at radius 2 is 1.59 bits per heavy atom. The summed E-state index contributed by atoms with van der Waals surface area (Å²) in [5, 5.41) is 3.04. The minimum atomic E-state index is -0.694. The molecule has 0 radical (unpaired) electrons. The molecule has 3 aromatic carbocycles. The summed E-state index contributed by atoms with van der Waals surface area (Å²) < 4.78 is 11.3. The van der Waals surface area contributed by atoms with E-state index < -0.39 is 6.04 Å². The molecule has 1 unspecified atom stereocenters. The van der Waals surface area contributed by atoms with Crippen LogP contribution in [0.5, 0.6) is 11.5 Å². The zero-order valence-electron chi connectivity index (χ0n) is 22.3. The van der Waals surface area contributed by atoms with Crippen LogP contribution >= 0.6 is 0 Å². The van der Waals surface area contributed by atoms with Gasteiger partial charge in [-0.05, 0) is 66.8 Å². The Labute approximate surface area is 220 Å². The van der Waals surface area contributed by atoms with Crippen molar-refractivity contribution in [2.24, 2.45) is 0 Å². The topological polar surface area (TPSA) is 67.9 Å². The van der Waals surface area contributed by atoms with E-state index in [1.807, 2.05) is 80.6 Å². The fraction of sp³-hybridized carbons (Fsp3) is 0.355. The number of hydrogen-bond acceptors (Lipinski definition) is 4. The van der Waals surface area contributed by atoms with Crippen LogP contribution < -0.4 is 14.8 Å². The molecule has 0 bridgehead atoms. The lowest BCUT2D eigenvalue weighted by Crippen LogP contribution is -2.51. The van der Waals surface area contributed by atoms with Gasteiger partial charge in [-0.25, -0.2) is 0 Å². The summed E-state index contributed by atoms with van der Waals surface area (Å²) in [5.74, 6) is 0.913. The standard InChI is InChI=1S/C31H38N2O4/c1-5-6-15-32-31(35)29(20-25-11-8-7-9-12-25)33(21-26-13-10-14-27(19-26)36-4)30(34)22-37-28-17-23(2)16-24(3)18-28/h7-14,16-19,29H,5-6,15,20-22H2,1-4H3,(H,32,35). The highest BCUT2D eigenvalue weighted by atomic mass is 16.5. The van der Waals surface area contributed by atoms with Crippen LogP contribution in [0.3, 0.4) is 0 Å². The number of benzene rings is 3. The van der Waals surface area contributed by atoms with E-state index in [1.165, 1.54) is 0 Å². The summed E-state index contributed by atoms with van der Waals surface area (Å²) in [5.41, 5.74) is 3.98. The number of hydrogen-bond donors (Lipinski definition) is 1. The van der Waals surface area contributed by atoms with E-state index in [-0.39, 0.29) is 25.0 Å². The molecule has 37 heavy (non-hydrogen) atoms. The van der Waals surface area contributed by atoms with Crippen LogP contribution in [-0.4, -0.2) is 43.0 Å². The van der Waals surface area contributed by atoms with Gasteiger partial charge >= 0.3 is 0 Å². The normalized spacial score (nSPS) is 11.5. The Bertz CT molecular complexity index is 1140. The third-order valence-electron chi connectivity index (χ3n) is 6.15. The number of aryl methyl sites for hydroxylation is 2. The molecule has 196 valence electrons. The van der Waals surface area contributed by atoms with Crippen LogP contribution in [0, 0.1) is 13.8 Å². The Kier molecular flexibility index (Phi) is 10.6. The zero-order chi connectivity index (χ0) is 26.6. The molecular weight excluding hydrogens is 464 g/mol. The van der Waals surface area contributed by atoms with Crippen LogP contribution in [0.25, 0.3) is 0 Å². The smallest absolute Gasteiger partial charge is 0.261 e. The van der Waals surface area contributed by atoms with Crippen molar-refractivity contribution in [1.82, 2.24) is 10.2 Å². The number of nitrogens with zero attached hydrogens (tertiary/aromatic N) is 1. The van der Waals surface area contributed by atoms with E-state index in [1.54, 1.807) is 12.0 Å². The zero-order valence-corrected chi connectivity index (χ0v) is 22.3. The Hall–Kier alpha value is -3.80. The van der Waals surface area contributed by atoms with Crippen molar-refractivity contribution in [2.45, 2.75) is 52.6 Å². The van der Waals surface area contributed by atoms with E-state index in [2.05, 4.69) is 18.3 Å². The highest BCUT2D eigenvalue weighted by Gasteiger charge is 2.30. The van der Waals surface area contributed by atoms with Crippen LogP contribution in [0.1, 0.15) is 42.0 Å². The Morgan fingerprint density at radius 3 is 2.27 bits per heavy atom. The first-order valence-corrected chi connectivity index (χ1v) is 12.8. The SMILES string of the molecule is CCCCNC(=O)C(Cc1ccccc1)N(Cc1cccc(OC)c1)C(=O)COc1cc(C)cc(C)c1. The van der Waals surface area contributed by atoms with E-state index in [0.29, 0.717) is 24.5 Å². The largest absolute Gasteiger partial charge is 0.497 e. The van der Waals surface area contributed by atoms with Crippen LogP contribution in [-0.2, 0) is 22.6 Å². The molecule has 0 aliphatic heterocycles. The predicted octanol–water partition coefficient (Wildman–Crippen LogP) is 5.25. The van der Waals surface area contributed by atoms with Gasteiger partial charge in [-0.2, -0.15) is 0 Å². The van der Waals surface area contributed by atoms with Gasteiger partial charge in [0, 0.05) is 19.5 Å². The third kappa shape index (κ3) is 8.67. The molecule has 6 nitrogen and oxygen atoms in total. The fourth-order valence-corrected chi connectivity index (χ4v) is 4.27. The summed E-state index contributed by atoms with van der Waals surface area (Å²) in [6.45, 7) is 6.73. The third-order valence-corrected chi connectivity index (χ3v) is 6.15. The molecule has 0 fully saturated rings. The van der Waals surface area contributed by atoms with E-state index in [4.69, 9.17) is 9.47 Å². The monoisotopic (exact) mass is 502 g/mol. The number of unbranched alkanes of at least 4 members (excludes halogenated alkanes) is 1. The molecule has 0 saturated carbocycles. The lowest BCUT2D eigenvalue weighted by atomic mass is 10.0. The lowest BCUT2D eigenvalue weighted by molar-refractivity contribution is -0.142. The van der Waals surface area contributed by atoms with Crippen molar-refractivity contribution in [3.8, 4) is 11.5 Å². The number of carbonyl (C=O) groups is 2. The van der Waals surface area contributed by atoms with Crippen molar-refractivity contribution in [1.29, 1.82) is 0 Å². The molecule has 1 atom stereocenters. The van der Waals surface area contributed by atoms with Gasteiger partial charge in [0.2, 0.25) is 5.91 Å². The first-order chi connectivity index (χ1) is 17.9. The molecule has 0 aliphatic rings. The molecule has 3 rings (SSSR count). The van der Waals surface area contributed by atoms with Crippen LogP contribution in [0.4, 0.5) is 0 Å². The minimum Gasteiger partial charge on any atom is -0.497 e. The van der Waals surface area contributed by atoms with Gasteiger partial charge in [0.05, 0.1) is 7.11 Å². The van der Waals surface area contributed by atoms with Crippen LogP contribution in [0.15, 0.2) is 72.8 Å². The van der Waals surface area contributed by atoms with Gasteiger partial charge in [0.25, 0.3) is 5.91 Å². The molecular formula is C31H38N2O4. The second-order valence-corrected chi connectivity index (χ2v) is 9.34. The molecule has 1 N–H and O–H groups in total. The molecule has 0 aliphatic carbocycles. The van der Waals surface area contributed by atoms with Crippen molar-refractivity contribution in [3.05, 3.63) is 95.1 Å². The molecule has 0 saturated heterocycles. The summed E-state index contributed by atoms with van der Waals surface area (Å²) in [6.07, 6.45) is 2.25. The van der Waals surface area contributed by atoms with E-state index in [9.17, 15) is 9.59 Å². The van der Waals surface area contributed by atoms with Gasteiger partial charge < -0.3 is 19.7 Å². The van der Waals surface area contributed by atoms with E-state index in [0.717, 1.165) is 35.1 Å². The highest BCUT2D eigenvalue weighted by molar-refractivity contribution is 5.88. The van der Waals surface area contributed by atoms with E-state index >= 15 is 0 Å². The second-order valence-electron chi connectivity index (χ2n) is 9.34. The second kappa shape index (κ2) is 14.1. The predicted molar refractivity (Wildman–Crippen MR) is 147 cm³/mol. The quantitative estimate of drug-likeness (QED) is 0.324. The number of rotatable bonds is 13. The van der Waals surface area contributed by atoms with Gasteiger partial charge in [0.1, 0.15) is 17.5 Å². The van der Waals surface area contributed by atoms with Crippen molar-refractivity contribution in [2.75, 3.05) is 20.3 Å². The average molecular weight is 503 g/mol. The highest BCUT2D eigenvalue weighted by Crippen LogP contribution is 2.20. The molecule has 0 heterocycles. The number of nitrogens with one attached hydrogen (secondary N) is 1. The van der Waals surface area contributed by atoms with Gasteiger partial charge in [-0.15, -0.1) is 0 Å². The van der Waals surface area contributed by atoms with Gasteiger partial charge in [-0.3, -0.25) is 9.59 Å². The maximum Gasteiger partial charge on any atom is 0.261 e. The molecule has 6 heteroatoms. The molecule has 3 aromatic rings. The van der Waals surface area contributed by atoms with Crippen molar-refractivity contribution in [3.63, 3.8) is 0 Å². The molecule has 0 aromatic heterocycles. The minimum absolute atomic E-state index is 0.166. The lowest BCUT2D eigenvalue weighted by Gasteiger charge is -2.31. The van der Waals surface area contributed by atoms with Crippen LogP contribution in [0.2, 0.25) is 0 Å². The first kappa shape index (κ1) is 27.8. The summed E-state index contributed by atoms with van der Waals surface area (Å²) in [7, 11) is 1.61. The maximum atomic E-state index is 13.7. The summed E-state index contributed by atoms with van der Waals surface area (Å²) in [4.78, 5) is 28.8. The number of ether oxygens (including phenoxy) is 2. The van der Waals surface area contributed by atoms with Crippen molar-refractivity contribution < 1.29 is 19.1 Å². The van der Waals surface area contributed by atoms with Crippen molar-refractivity contribution >= 4 is 11.8 Å². The summed E-state index contributed by atoms with van der Waals surface area (Å²) in [6, 6.07) is 22.5. The molecule has 2 amide bonds. The Balaban J connectivity index is 1.91.